The van der Waals surface area contributed by atoms with Gasteiger partial charge >= 0.3 is 0 Å². The molecule has 3 N–H and O–H groups in total. The van der Waals surface area contributed by atoms with E-state index in [1.807, 2.05) is 0 Å². The molecule has 0 radical (unpaired) electrons. The van der Waals surface area contributed by atoms with Gasteiger partial charge in [-0.05, 0) is 30.4 Å². The molecule has 1 aromatic carbocycles. The Morgan fingerprint density at radius 3 is 2.55 bits per heavy atom. The standard InChI is InChI=1S/C16H23ClFNO/c1-16(8-3-2-4-9-16)15(20)11(10-19)14-12(17)6-5-7-13(14)18/h5-7,11,15,20H,2-4,8-10,19H2,1H3. The van der Waals surface area contributed by atoms with Crippen molar-refractivity contribution in [3.8, 4) is 0 Å². The molecule has 2 nitrogen and oxygen atoms in total. The lowest BCUT2D eigenvalue weighted by molar-refractivity contribution is -0.00814. The SMILES string of the molecule is CC1(C(O)C(CN)c2c(F)cccc2Cl)CCCCC1. The van der Waals surface area contributed by atoms with Crippen LogP contribution in [-0.4, -0.2) is 17.8 Å². The van der Waals surface area contributed by atoms with Crippen molar-refractivity contribution in [3.05, 3.63) is 34.6 Å². The van der Waals surface area contributed by atoms with Crippen molar-refractivity contribution < 1.29 is 9.50 Å². The Kier molecular flexibility index (Phi) is 5.05. The number of aliphatic hydroxyl groups excluding tert-OH is 1. The van der Waals surface area contributed by atoms with Gasteiger partial charge in [0, 0.05) is 23.0 Å². The van der Waals surface area contributed by atoms with Crippen LogP contribution >= 0.6 is 11.6 Å². The van der Waals surface area contributed by atoms with Crippen LogP contribution in [0.4, 0.5) is 4.39 Å². The highest BCUT2D eigenvalue weighted by Crippen LogP contribution is 2.44. The van der Waals surface area contributed by atoms with Crippen LogP contribution in [0.3, 0.4) is 0 Å². The van der Waals surface area contributed by atoms with Gasteiger partial charge in [0.15, 0.2) is 0 Å². The Hall–Kier alpha value is -0.640. The molecule has 1 aliphatic carbocycles. The molecular formula is C16H23ClFNO. The first kappa shape index (κ1) is 15.7. The third kappa shape index (κ3) is 3.00. The van der Waals surface area contributed by atoms with Gasteiger partial charge in [-0.1, -0.05) is 43.9 Å². The Morgan fingerprint density at radius 1 is 1.35 bits per heavy atom. The molecule has 4 heteroatoms. The molecule has 2 rings (SSSR count). The fraction of sp³-hybridized carbons (Fsp3) is 0.625. The number of hydrogen-bond acceptors (Lipinski definition) is 2. The van der Waals surface area contributed by atoms with E-state index in [0.717, 1.165) is 25.7 Å². The van der Waals surface area contributed by atoms with Crippen molar-refractivity contribution in [1.82, 2.24) is 0 Å². The maximum atomic E-state index is 14.1. The van der Waals surface area contributed by atoms with E-state index >= 15 is 0 Å². The highest BCUT2D eigenvalue weighted by atomic mass is 35.5. The van der Waals surface area contributed by atoms with Crippen LogP contribution in [0.1, 0.15) is 50.5 Å². The maximum Gasteiger partial charge on any atom is 0.128 e. The molecule has 0 aliphatic heterocycles. The van der Waals surface area contributed by atoms with Gasteiger partial charge < -0.3 is 10.8 Å². The van der Waals surface area contributed by atoms with Gasteiger partial charge in [0.1, 0.15) is 5.82 Å². The Balaban J connectivity index is 2.32. The second-order valence-electron chi connectivity index (χ2n) is 6.14. The third-order valence-corrected chi connectivity index (χ3v) is 5.04. The molecule has 0 heterocycles. The molecule has 0 bridgehead atoms. The summed E-state index contributed by atoms with van der Waals surface area (Å²) < 4.78 is 14.1. The minimum atomic E-state index is -0.665. The molecule has 0 saturated heterocycles. The van der Waals surface area contributed by atoms with E-state index in [1.165, 1.54) is 12.5 Å². The van der Waals surface area contributed by atoms with Crippen LogP contribution in [0.5, 0.6) is 0 Å². The molecule has 1 aliphatic rings. The number of nitrogens with two attached hydrogens (primary N) is 1. The smallest absolute Gasteiger partial charge is 0.128 e. The van der Waals surface area contributed by atoms with E-state index < -0.39 is 12.0 Å². The van der Waals surface area contributed by atoms with Crippen molar-refractivity contribution >= 4 is 11.6 Å². The van der Waals surface area contributed by atoms with Crippen LogP contribution < -0.4 is 5.73 Å². The lowest BCUT2D eigenvalue weighted by Gasteiger charge is -2.41. The van der Waals surface area contributed by atoms with Crippen molar-refractivity contribution in [2.75, 3.05) is 6.54 Å². The lowest BCUT2D eigenvalue weighted by atomic mass is 9.67. The average molecular weight is 300 g/mol. The van der Waals surface area contributed by atoms with Crippen LogP contribution in [-0.2, 0) is 0 Å². The summed E-state index contributed by atoms with van der Waals surface area (Å²) in [5.41, 5.74) is 5.98. The minimum Gasteiger partial charge on any atom is -0.392 e. The predicted molar refractivity (Wildman–Crippen MR) is 80.4 cm³/mol. The molecule has 0 spiro atoms. The topological polar surface area (TPSA) is 46.2 Å². The molecule has 20 heavy (non-hydrogen) atoms. The molecule has 1 saturated carbocycles. The largest absolute Gasteiger partial charge is 0.392 e. The van der Waals surface area contributed by atoms with Gasteiger partial charge in [0.25, 0.3) is 0 Å². The normalized spacial score (nSPS) is 21.4. The summed E-state index contributed by atoms with van der Waals surface area (Å²) in [5.74, 6) is -0.835. The van der Waals surface area contributed by atoms with Gasteiger partial charge in [0.2, 0.25) is 0 Å². The molecule has 0 amide bonds. The van der Waals surface area contributed by atoms with E-state index in [0.29, 0.717) is 10.6 Å². The average Bonchev–Trinajstić information content (AvgIpc) is 2.43. The first-order valence-electron chi connectivity index (χ1n) is 7.31. The quantitative estimate of drug-likeness (QED) is 0.887. The second-order valence-corrected chi connectivity index (χ2v) is 6.54. The highest BCUT2D eigenvalue weighted by molar-refractivity contribution is 6.31. The Bertz CT molecular complexity index is 440. The van der Waals surface area contributed by atoms with Crippen molar-refractivity contribution in [2.24, 2.45) is 11.1 Å². The zero-order valence-corrected chi connectivity index (χ0v) is 12.7. The first-order valence-corrected chi connectivity index (χ1v) is 7.69. The molecule has 0 aromatic heterocycles. The summed E-state index contributed by atoms with van der Waals surface area (Å²) in [6, 6.07) is 4.60. The number of hydrogen-bond donors (Lipinski definition) is 2. The molecule has 1 aromatic rings. The monoisotopic (exact) mass is 299 g/mol. The predicted octanol–water partition coefficient (Wildman–Crippen LogP) is 3.85. The summed E-state index contributed by atoms with van der Waals surface area (Å²) in [7, 11) is 0. The number of benzene rings is 1. The van der Waals surface area contributed by atoms with Crippen molar-refractivity contribution in [1.29, 1.82) is 0 Å². The molecule has 2 atom stereocenters. The molecule has 112 valence electrons. The van der Waals surface area contributed by atoms with Crippen LogP contribution in [0.15, 0.2) is 18.2 Å². The number of rotatable bonds is 4. The van der Waals surface area contributed by atoms with Gasteiger partial charge in [-0.3, -0.25) is 0 Å². The van der Waals surface area contributed by atoms with Gasteiger partial charge in [-0.2, -0.15) is 0 Å². The fourth-order valence-corrected chi connectivity index (χ4v) is 3.71. The summed E-state index contributed by atoms with van der Waals surface area (Å²) >= 11 is 6.12. The van der Waals surface area contributed by atoms with E-state index in [1.54, 1.807) is 12.1 Å². The summed E-state index contributed by atoms with van der Waals surface area (Å²) in [5, 5.41) is 11.1. The second kappa shape index (κ2) is 6.42. The third-order valence-electron chi connectivity index (χ3n) is 4.72. The highest BCUT2D eigenvalue weighted by Gasteiger charge is 2.40. The van der Waals surface area contributed by atoms with Crippen molar-refractivity contribution in [2.45, 2.75) is 51.0 Å². The van der Waals surface area contributed by atoms with Gasteiger partial charge in [-0.15, -0.1) is 0 Å². The van der Waals surface area contributed by atoms with E-state index in [9.17, 15) is 9.50 Å². The molecule has 2 unspecified atom stereocenters. The van der Waals surface area contributed by atoms with Crippen molar-refractivity contribution in [3.63, 3.8) is 0 Å². The van der Waals surface area contributed by atoms with E-state index in [-0.39, 0.29) is 17.8 Å². The fourth-order valence-electron chi connectivity index (χ4n) is 3.41. The minimum absolute atomic E-state index is 0.192. The van der Waals surface area contributed by atoms with Crippen LogP contribution in [0, 0.1) is 11.2 Å². The molecule has 1 fully saturated rings. The number of aliphatic hydroxyl groups is 1. The Labute approximate surface area is 125 Å². The zero-order valence-electron chi connectivity index (χ0n) is 11.9. The van der Waals surface area contributed by atoms with Gasteiger partial charge in [-0.25, -0.2) is 4.39 Å². The lowest BCUT2D eigenvalue weighted by Crippen LogP contribution is -2.41. The Morgan fingerprint density at radius 2 is 2.00 bits per heavy atom. The van der Waals surface area contributed by atoms with E-state index in [4.69, 9.17) is 17.3 Å². The maximum absolute atomic E-state index is 14.1. The summed E-state index contributed by atoms with van der Waals surface area (Å²) in [6.07, 6.45) is 4.66. The number of halogens is 2. The van der Waals surface area contributed by atoms with E-state index in [2.05, 4.69) is 6.92 Å². The molecular weight excluding hydrogens is 277 g/mol. The summed E-state index contributed by atoms with van der Waals surface area (Å²) in [6.45, 7) is 2.27. The summed E-state index contributed by atoms with van der Waals surface area (Å²) in [4.78, 5) is 0. The van der Waals surface area contributed by atoms with Crippen LogP contribution in [0.2, 0.25) is 5.02 Å². The zero-order chi connectivity index (χ0) is 14.8. The van der Waals surface area contributed by atoms with Gasteiger partial charge in [0.05, 0.1) is 6.10 Å². The van der Waals surface area contributed by atoms with Crippen LogP contribution in [0.25, 0.3) is 0 Å². The first-order chi connectivity index (χ1) is 9.49.